The maximum atomic E-state index is 13.5. The summed E-state index contributed by atoms with van der Waals surface area (Å²) < 4.78 is 13.5. The summed E-state index contributed by atoms with van der Waals surface area (Å²) in [5.41, 5.74) is 1.11. The van der Waals surface area contributed by atoms with E-state index in [1.165, 1.54) is 18.2 Å². The smallest absolute Gasteiger partial charge is 0.317 e. The number of piperazine rings is 1. The van der Waals surface area contributed by atoms with E-state index in [0.717, 1.165) is 5.69 Å². The first-order valence-corrected chi connectivity index (χ1v) is 8.98. The molecule has 0 saturated carbocycles. The van der Waals surface area contributed by atoms with Crippen LogP contribution in [0.1, 0.15) is 0 Å². The summed E-state index contributed by atoms with van der Waals surface area (Å²) in [5.74, 6) is -1.000. The molecule has 2 aromatic carbocycles. The van der Waals surface area contributed by atoms with Crippen molar-refractivity contribution in [2.24, 2.45) is 0 Å². The van der Waals surface area contributed by atoms with Crippen LogP contribution in [0.5, 0.6) is 0 Å². The second-order valence-corrected chi connectivity index (χ2v) is 6.58. The third-order valence-corrected chi connectivity index (χ3v) is 4.52. The van der Waals surface area contributed by atoms with Crippen LogP contribution in [0.25, 0.3) is 0 Å². The minimum Gasteiger partial charge on any atom is -0.368 e. The molecule has 27 heavy (non-hydrogen) atoms. The van der Waals surface area contributed by atoms with E-state index < -0.39 is 11.7 Å². The van der Waals surface area contributed by atoms with E-state index in [-0.39, 0.29) is 18.3 Å². The average Bonchev–Trinajstić information content (AvgIpc) is 2.68. The van der Waals surface area contributed by atoms with Crippen LogP contribution >= 0.6 is 11.6 Å². The Kier molecular flexibility index (Phi) is 6.13. The van der Waals surface area contributed by atoms with Crippen molar-refractivity contribution in [1.82, 2.24) is 10.2 Å². The van der Waals surface area contributed by atoms with E-state index in [0.29, 0.717) is 31.2 Å². The highest BCUT2D eigenvalue weighted by Crippen LogP contribution is 2.20. The van der Waals surface area contributed by atoms with Gasteiger partial charge < -0.3 is 20.4 Å². The van der Waals surface area contributed by atoms with Crippen molar-refractivity contribution in [3.8, 4) is 0 Å². The van der Waals surface area contributed by atoms with E-state index in [4.69, 9.17) is 11.6 Å². The highest BCUT2D eigenvalue weighted by atomic mass is 35.5. The molecule has 0 aromatic heterocycles. The molecule has 0 unspecified atom stereocenters. The molecule has 0 aliphatic carbocycles. The highest BCUT2D eigenvalue weighted by Gasteiger charge is 2.21. The van der Waals surface area contributed by atoms with Gasteiger partial charge in [-0.1, -0.05) is 29.8 Å². The number of benzene rings is 2. The molecule has 6 nitrogen and oxygen atoms in total. The van der Waals surface area contributed by atoms with Crippen molar-refractivity contribution in [2.45, 2.75) is 0 Å². The fourth-order valence-electron chi connectivity index (χ4n) is 2.87. The van der Waals surface area contributed by atoms with E-state index in [2.05, 4.69) is 15.5 Å². The lowest BCUT2D eigenvalue weighted by molar-refractivity contribution is -0.115. The number of rotatable bonds is 4. The zero-order chi connectivity index (χ0) is 19.2. The molecule has 0 atom stereocenters. The Labute approximate surface area is 161 Å². The Morgan fingerprint density at radius 2 is 1.78 bits per heavy atom. The van der Waals surface area contributed by atoms with Crippen LogP contribution in [0.3, 0.4) is 0 Å². The number of halogens is 2. The Morgan fingerprint density at radius 3 is 2.48 bits per heavy atom. The van der Waals surface area contributed by atoms with E-state index >= 15 is 0 Å². The highest BCUT2D eigenvalue weighted by molar-refractivity contribution is 6.30. The van der Waals surface area contributed by atoms with Gasteiger partial charge in [0, 0.05) is 36.9 Å². The minimum atomic E-state index is -0.519. The number of anilines is 2. The van der Waals surface area contributed by atoms with Crippen LogP contribution in [0.4, 0.5) is 20.6 Å². The number of nitrogens with zero attached hydrogens (tertiary/aromatic N) is 2. The second kappa shape index (κ2) is 8.73. The van der Waals surface area contributed by atoms with Gasteiger partial charge in [-0.05, 0) is 30.3 Å². The lowest BCUT2D eigenvalue weighted by Crippen LogP contribution is -2.52. The van der Waals surface area contributed by atoms with Crippen molar-refractivity contribution in [2.75, 3.05) is 42.9 Å². The van der Waals surface area contributed by atoms with Crippen LogP contribution in [0.2, 0.25) is 5.02 Å². The molecule has 2 aromatic rings. The molecule has 8 heteroatoms. The van der Waals surface area contributed by atoms with Crippen LogP contribution < -0.4 is 15.5 Å². The quantitative estimate of drug-likeness (QED) is 0.843. The van der Waals surface area contributed by atoms with E-state index in [1.807, 2.05) is 24.3 Å². The van der Waals surface area contributed by atoms with Gasteiger partial charge in [-0.15, -0.1) is 0 Å². The monoisotopic (exact) mass is 390 g/mol. The average molecular weight is 391 g/mol. The molecule has 1 heterocycles. The standard InChI is InChI=1S/C19H20ClFN4O2/c20-14-4-3-5-15(12-14)24-8-10-25(11-9-24)19(27)22-13-18(26)23-17-7-2-1-6-16(17)21/h1-7,12H,8-11,13H2,(H,22,27)(H,23,26). The molecular weight excluding hydrogens is 371 g/mol. The number of amides is 3. The topological polar surface area (TPSA) is 64.7 Å². The van der Waals surface area contributed by atoms with Crippen LogP contribution in [-0.2, 0) is 4.79 Å². The molecule has 0 radical (unpaired) electrons. The molecule has 0 spiro atoms. The molecule has 3 rings (SSSR count). The summed E-state index contributed by atoms with van der Waals surface area (Å²) in [6.07, 6.45) is 0. The maximum absolute atomic E-state index is 13.5. The van der Waals surface area contributed by atoms with Gasteiger partial charge in [-0.2, -0.15) is 0 Å². The summed E-state index contributed by atoms with van der Waals surface area (Å²) in [4.78, 5) is 27.9. The number of hydrogen-bond donors (Lipinski definition) is 2. The summed E-state index contributed by atoms with van der Waals surface area (Å²) in [6, 6.07) is 13.2. The molecular formula is C19H20ClFN4O2. The fourth-order valence-corrected chi connectivity index (χ4v) is 3.05. The van der Waals surface area contributed by atoms with Crippen LogP contribution in [0.15, 0.2) is 48.5 Å². The normalized spacial score (nSPS) is 14.0. The van der Waals surface area contributed by atoms with Crippen molar-refractivity contribution in [3.63, 3.8) is 0 Å². The van der Waals surface area contributed by atoms with Gasteiger partial charge in [0.2, 0.25) is 5.91 Å². The third kappa shape index (κ3) is 5.10. The van der Waals surface area contributed by atoms with Gasteiger partial charge in [-0.25, -0.2) is 9.18 Å². The molecule has 1 fully saturated rings. The first kappa shape index (κ1) is 19.0. The summed E-state index contributed by atoms with van der Waals surface area (Å²) in [5, 5.41) is 5.68. The summed E-state index contributed by atoms with van der Waals surface area (Å²) >= 11 is 6.02. The first-order chi connectivity index (χ1) is 13.0. The minimum absolute atomic E-state index is 0.0897. The number of carbonyl (C=O) groups is 2. The first-order valence-electron chi connectivity index (χ1n) is 8.60. The van der Waals surface area contributed by atoms with E-state index in [1.54, 1.807) is 11.0 Å². The van der Waals surface area contributed by atoms with Gasteiger partial charge in [-0.3, -0.25) is 4.79 Å². The number of urea groups is 1. The second-order valence-electron chi connectivity index (χ2n) is 6.14. The third-order valence-electron chi connectivity index (χ3n) is 4.29. The summed E-state index contributed by atoms with van der Waals surface area (Å²) in [6.45, 7) is 2.20. The SMILES string of the molecule is O=C(CNC(=O)N1CCN(c2cccc(Cl)c2)CC1)Nc1ccccc1F. The molecule has 1 saturated heterocycles. The largest absolute Gasteiger partial charge is 0.368 e. The molecule has 3 amide bonds. The van der Waals surface area contributed by atoms with Crippen molar-refractivity contribution >= 4 is 34.9 Å². The van der Waals surface area contributed by atoms with Gasteiger partial charge in [0.15, 0.2) is 0 Å². The van der Waals surface area contributed by atoms with Gasteiger partial charge in [0.1, 0.15) is 5.82 Å². The Balaban J connectivity index is 1.44. The summed E-state index contributed by atoms with van der Waals surface area (Å²) in [7, 11) is 0. The number of nitrogens with one attached hydrogen (secondary N) is 2. The molecule has 2 N–H and O–H groups in total. The maximum Gasteiger partial charge on any atom is 0.317 e. The lowest BCUT2D eigenvalue weighted by Gasteiger charge is -2.36. The fraction of sp³-hybridized carbons (Fsp3) is 0.263. The van der Waals surface area contributed by atoms with Crippen LogP contribution in [-0.4, -0.2) is 49.6 Å². The molecule has 1 aliphatic heterocycles. The van der Waals surface area contributed by atoms with E-state index in [9.17, 15) is 14.0 Å². The van der Waals surface area contributed by atoms with Crippen molar-refractivity contribution < 1.29 is 14.0 Å². The predicted molar refractivity (Wildman–Crippen MR) is 104 cm³/mol. The van der Waals surface area contributed by atoms with Gasteiger partial charge in [0.05, 0.1) is 12.2 Å². The Hall–Kier alpha value is -2.80. The molecule has 1 aliphatic rings. The van der Waals surface area contributed by atoms with Crippen molar-refractivity contribution in [1.29, 1.82) is 0 Å². The molecule has 0 bridgehead atoms. The number of hydrogen-bond acceptors (Lipinski definition) is 3. The lowest BCUT2D eigenvalue weighted by atomic mass is 10.2. The van der Waals surface area contributed by atoms with Crippen molar-refractivity contribution in [3.05, 3.63) is 59.4 Å². The van der Waals surface area contributed by atoms with Gasteiger partial charge in [0.25, 0.3) is 0 Å². The molecule has 142 valence electrons. The number of para-hydroxylation sites is 1. The predicted octanol–water partition coefficient (Wildman–Crippen LogP) is 2.95. The Morgan fingerprint density at radius 1 is 1.04 bits per heavy atom. The zero-order valence-electron chi connectivity index (χ0n) is 14.6. The Bertz CT molecular complexity index is 825. The van der Waals surface area contributed by atoms with Crippen LogP contribution in [0, 0.1) is 5.82 Å². The zero-order valence-corrected chi connectivity index (χ0v) is 15.4. The van der Waals surface area contributed by atoms with Gasteiger partial charge >= 0.3 is 6.03 Å². The number of carbonyl (C=O) groups excluding carboxylic acids is 2.